The summed E-state index contributed by atoms with van der Waals surface area (Å²) in [7, 11) is 1.78. The molecule has 2 aromatic heterocycles. The van der Waals surface area contributed by atoms with Crippen LogP contribution in [0.1, 0.15) is 31.2 Å². The minimum Gasteiger partial charge on any atom is -0.383 e. The second-order valence-electron chi connectivity index (χ2n) is 9.93. The highest BCUT2D eigenvalue weighted by molar-refractivity contribution is 6.02. The Morgan fingerprint density at radius 3 is 2.69 bits per heavy atom. The molecule has 9 nitrogen and oxygen atoms in total. The van der Waals surface area contributed by atoms with Crippen LogP contribution < -0.4 is 21.7 Å². The van der Waals surface area contributed by atoms with E-state index in [2.05, 4.69) is 44.5 Å². The molecule has 6 rings (SSSR count). The number of aromatic nitrogens is 2. The fourth-order valence-corrected chi connectivity index (χ4v) is 5.73. The lowest BCUT2D eigenvalue weighted by Gasteiger charge is -2.41. The third-order valence-electron chi connectivity index (χ3n) is 7.87. The van der Waals surface area contributed by atoms with E-state index in [9.17, 15) is 0 Å². The molecule has 9 heteroatoms. The van der Waals surface area contributed by atoms with E-state index in [-0.39, 0.29) is 5.92 Å². The van der Waals surface area contributed by atoms with Gasteiger partial charge in [0.2, 0.25) is 0 Å². The zero-order valence-electron chi connectivity index (χ0n) is 20.6. The maximum absolute atomic E-state index is 6.89. The maximum Gasteiger partial charge on any atom is 0.185 e. The molecule has 2 aliphatic heterocycles. The molecule has 1 saturated heterocycles. The van der Waals surface area contributed by atoms with E-state index in [4.69, 9.17) is 25.9 Å². The van der Waals surface area contributed by atoms with Crippen molar-refractivity contribution in [1.29, 1.82) is 0 Å². The normalized spacial score (nSPS) is 26.0. The van der Waals surface area contributed by atoms with Crippen molar-refractivity contribution in [3.05, 3.63) is 42.2 Å². The number of hydrogen-bond acceptors (Lipinski definition) is 9. The van der Waals surface area contributed by atoms with E-state index < -0.39 is 5.79 Å². The molecule has 1 unspecified atom stereocenters. The Bertz CT molecular complexity index is 1300. The van der Waals surface area contributed by atoms with Crippen molar-refractivity contribution in [2.75, 3.05) is 49.4 Å². The molecule has 36 heavy (non-hydrogen) atoms. The first kappa shape index (κ1) is 23.1. The van der Waals surface area contributed by atoms with Crippen molar-refractivity contribution >= 4 is 34.3 Å². The molecule has 2 fully saturated rings. The van der Waals surface area contributed by atoms with Gasteiger partial charge in [-0.2, -0.15) is 0 Å². The van der Waals surface area contributed by atoms with E-state index in [0.717, 1.165) is 91.0 Å². The molecule has 0 amide bonds. The molecule has 4 heterocycles. The SMILES string of the molecule is COC1CCC(C2(N)N=Cc3c(N)ncc(-c4ccc5c(N6CCOCC6)nccc5c4)c3N2)CC1. The first-order chi connectivity index (χ1) is 17.6. The Morgan fingerprint density at radius 1 is 1.11 bits per heavy atom. The van der Waals surface area contributed by atoms with Crippen LogP contribution in [0.5, 0.6) is 0 Å². The molecule has 3 aromatic rings. The van der Waals surface area contributed by atoms with Crippen molar-refractivity contribution in [1.82, 2.24) is 9.97 Å². The predicted molar refractivity (Wildman–Crippen MR) is 143 cm³/mol. The summed E-state index contributed by atoms with van der Waals surface area (Å²) in [6.07, 6.45) is 9.68. The van der Waals surface area contributed by atoms with E-state index in [1.165, 1.54) is 0 Å². The zero-order chi connectivity index (χ0) is 24.7. The summed E-state index contributed by atoms with van der Waals surface area (Å²) in [6.45, 7) is 3.13. The fraction of sp³-hybridized carbons (Fsp3) is 0.444. The number of nitrogens with two attached hydrogens (primary N) is 2. The summed E-state index contributed by atoms with van der Waals surface area (Å²) >= 11 is 0. The molecule has 5 N–H and O–H groups in total. The molecule has 0 spiro atoms. The topological polar surface area (TPSA) is 124 Å². The van der Waals surface area contributed by atoms with Crippen LogP contribution in [-0.2, 0) is 9.47 Å². The summed E-state index contributed by atoms with van der Waals surface area (Å²) in [5, 5.41) is 5.82. The average Bonchev–Trinajstić information content (AvgIpc) is 2.93. The number of anilines is 3. The summed E-state index contributed by atoms with van der Waals surface area (Å²) in [5.74, 6) is 0.750. The van der Waals surface area contributed by atoms with Gasteiger partial charge in [-0.25, -0.2) is 15.0 Å². The molecule has 0 radical (unpaired) electrons. The summed E-state index contributed by atoms with van der Waals surface area (Å²) in [4.78, 5) is 16.2. The first-order valence-corrected chi connectivity index (χ1v) is 12.7. The number of aliphatic imine (C=N–C) groups is 1. The molecule has 1 aliphatic carbocycles. The van der Waals surface area contributed by atoms with Gasteiger partial charge in [-0.05, 0) is 48.8 Å². The quantitative estimate of drug-likeness (QED) is 0.512. The van der Waals surface area contributed by atoms with Crippen LogP contribution in [0.15, 0.2) is 41.7 Å². The molecule has 3 aliphatic rings. The van der Waals surface area contributed by atoms with Crippen LogP contribution in [-0.4, -0.2) is 61.5 Å². The number of morpholine rings is 1. The Kier molecular flexibility index (Phi) is 5.99. The lowest BCUT2D eigenvalue weighted by molar-refractivity contribution is 0.0456. The van der Waals surface area contributed by atoms with Crippen LogP contribution in [0, 0.1) is 5.92 Å². The number of pyridine rings is 2. The van der Waals surface area contributed by atoms with Gasteiger partial charge in [0.15, 0.2) is 5.79 Å². The van der Waals surface area contributed by atoms with Crippen molar-refractivity contribution in [3.8, 4) is 11.1 Å². The Balaban J connectivity index is 1.36. The zero-order valence-corrected chi connectivity index (χ0v) is 20.6. The minimum absolute atomic E-state index is 0.203. The highest BCUT2D eigenvalue weighted by atomic mass is 16.5. The number of nitrogens with one attached hydrogen (secondary N) is 1. The highest BCUT2D eigenvalue weighted by Gasteiger charge is 2.40. The Labute approximate surface area is 210 Å². The third-order valence-corrected chi connectivity index (χ3v) is 7.87. The Morgan fingerprint density at radius 2 is 1.92 bits per heavy atom. The molecule has 0 bridgehead atoms. The van der Waals surface area contributed by atoms with E-state index >= 15 is 0 Å². The van der Waals surface area contributed by atoms with Crippen LogP contribution in [0.3, 0.4) is 0 Å². The Hall–Kier alpha value is -3.27. The van der Waals surface area contributed by atoms with E-state index in [1.807, 2.05) is 12.4 Å². The standard InChI is InChI=1S/C27H33N7O2/c1-35-20-5-3-19(4-6-20)27(29)32-16-23-24(33-27)22(15-31-25(23)28)17-2-7-21-18(14-17)8-9-30-26(21)34-10-12-36-13-11-34/h2,7-9,14-16,19-20,33H,3-6,10-13,29H2,1H3,(H2,28,31). The van der Waals surface area contributed by atoms with E-state index in [1.54, 1.807) is 13.3 Å². The van der Waals surface area contributed by atoms with Gasteiger partial charge in [-0.1, -0.05) is 12.1 Å². The van der Waals surface area contributed by atoms with Crippen LogP contribution >= 0.6 is 0 Å². The molecule has 188 valence electrons. The van der Waals surface area contributed by atoms with Crippen molar-refractivity contribution in [2.45, 2.75) is 37.6 Å². The van der Waals surface area contributed by atoms with Gasteiger partial charge in [0.25, 0.3) is 0 Å². The number of methoxy groups -OCH3 is 1. The molecule has 1 atom stereocenters. The first-order valence-electron chi connectivity index (χ1n) is 12.7. The number of hydrogen-bond donors (Lipinski definition) is 3. The maximum atomic E-state index is 6.89. The second-order valence-corrected chi connectivity index (χ2v) is 9.93. The molecular weight excluding hydrogens is 454 g/mol. The van der Waals surface area contributed by atoms with Gasteiger partial charge in [-0.15, -0.1) is 0 Å². The average molecular weight is 488 g/mol. The van der Waals surface area contributed by atoms with Crippen LogP contribution in [0.2, 0.25) is 0 Å². The minimum atomic E-state index is -0.890. The number of ether oxygens (including phenoxy) is 2. The lowest BCUT2D eigenvalue weighted by atomic mass is 9.82. The van der Waals surface area contributed by atoms with Gasteiger partial charge in [-0.3, -0.25) is 5.73 Å². The van der Waals surface area contributed by atoms with Crippen LogP contribution in [0.4, 0.5) is 17.3 Å². The van der Waals surface area contributed by atoms with Crippen LogP contribution in [0.25, 0.3) is 21.9 Å². The number of fused-ring (bicyclic) bond motifs is 2. The number of nitrogen functional groups attached to an aromatic ring is 1. The van der Waals surface area contributed by atoms with Crippen molar-refractivity contribution in [3.63, 3.8) is 0 Å². The molecular formula is C27H33N7O2. The van der Waals surface area contributed by atoms with E-state index in [0.29, 0.717) is 11.9 Å². The fourth-order valence-electron chi connectivity index (χ4n) is 5.73. The number of nitrogens with zero attached hydrogens (tertiary/aromatic N) is 4. The van der Waals surface area contributed by atoms with Gasteiger partial charge in [0.1, 0.15) is 11.6 Å². The van der Waals surface area contributed by atoms with Gasteiger partial charge in [0.05, 0.1) is 30.6 Å². The summed E-state index contributed by atoms with van der Waals surface area (Å²) in [5.41, 5.74) is 16.8. The molecule has 1 aromatic carbocycles. The van der Waals surface area contributed by atoms with Gasteiger partial charge >= 0.3 is 0 Å². The lowest BCUT2D eigenvalue weighted by Crippen LogP contribution is -2.55. The number of benzene rings is 1. The largest absolute Gasteiger partial charge is 0.383 e. The second kappa shape index (κ2) is 9.31. The number of rotatable bonds is 4. The third kappa shape index (κ3) is 4.07. The van der Waals surface area contributed by atoms with Crippen molar-refractivity contribution in [2.24, 2.45) is 16.6 Å². The monoisotopic (exact) mass is 487 g/mol. The van der Waals surface area contributed by atoms with Gasteiger partial charge < -0.3 is 25.4 Å². The smallest absolute Gasteiger partial charge is 0.185 e. The molecule has 1 saturated carbocycles. The summed E-state index contributed by atoms with van der Waals surface area (Å²) in [6, 6.07) is 8.50. The predicted octanol–water partition coefficient (Wildman–Crippen LogP) is 3.38. The highest BCUT2D eigenvalue weighted by Crippen LogP contribution is 2.41. The summed E-state index contributed by atoms with van der Waals surface area (Å²) < 4.78 is 11.1. The van der Waals surface area contributed by atoms with Gasteiger partial charge in [0, 0.05) is 55.7 Å². The van der Waals surface area contributed by atoms with Crippen molar-refractivity contribution < 1.29 is 9.47 Å².